The van der Waals surface area contributed by atoms with Crippen molar-refractivity contribution in [3.63, 3.8) is 0 Å². The van der Waals surface area contributed by atoms with Crippen molar-refractivity contribution in [1.29, 1.82) is 0 Å². The SMILES string of the molecule is COC(=O)N1c2ccc3c(nc(C[C@@H](C(=O)O)c4ccccc4)n3[C@H]3CCC[C@H](CO)C3)c2CC[C@@H]1C. The molecule has 2 aliphatic rings. The lowest BCUT2D eigenvalue weighted by molar-refractivity contribution is -0.138. The predicted octanol–water partition coefficient (Wildman–Crippen LogP) is 5.08. The molecule has 1 aromatic heterocycles. The Bertz CT molecular complexity index is 1290. The maximum atomic E-state index is 12.6. The molecule has 8 heteroatoms. The summed E-state index contributed by atoms with van der Waals surface area (Å²) in [5, 5.41) is 20.1. The molecule has 8 nitrogen and oxygen atoms in total. The molecule has 196 valence electrons. The van der Waals surface area contributed by atoms with Crippen molar-refractivity contribution in [1.82, 2.24) is 9.55 Å². The van der Waals surface area contributed by atoms with Crippen LogP contribution in [0.2, 0.25) is 0 Å². The van der Waals surface area contributed by atoms with Crippen molar-refractivity contribution in [2.45, 2.75) is 69.9 Å². The van der Waals surface area contributed by atoms with E-state index in [1.807, 2.05) is 49.4 Å². The van der Waals surface area contributed by atoms with Crippen LogP contribution in [0.15, 0.2) is 42.5 Å². The van der Waals surface area contributed by atoms with Gasteiger partial charge < -0.3 is 19.5 Å². The van der Waals surface area contributed by atoms with Gasteiger partial charge in [-0.3, -0.25) is 9.69 Å². The average Bonchev–Trinajstić information content (AvgIpc) is 3.30. The van der Waals surface area contributed by atoms with Crippen LogP contribution in [0.3, 0.4) is 0 Å². The highest BCUT2D eigenvalue weighted by molar-refractivity contribution is 5.95. The average molecular weight is 506 g/mol. The Morgan fingerprint density at radius 3 is 2.62 bits per heavy atom. The molecule has 4 atom stereocenters. The number of carbonyl (C=O) groups excluding carboxylic acids is 1. The van der Waals surface area contributed by atoms with Gasteiger partial charge in [0, 0.05) is 30.7 Å². The maximum Gasteiger partial charge on any atom is 0.414 e. The number of rotatable bonds is 6. The number of fused-ring (bicyclic) bond motifs is 3. The minimum Gasteiger partial charge on any atom is -0.481 e. The van der Waals surface area contributed by atoms with Gasteiger partial charge >= 0.3 is 12.1 Å². The number of aromatic nitrogens is 2. The molecular formula is C29H35N3O5. The third kappa shape index (κ3) is 4.70. The smallest absolute Gasteiger partial charge is 0.414 e. The van der Waals surface area contributed by atoms with Gasteiger partial charge in [0.2, 0.25) is 0 Å². The number of carbonyl (C=O) groups is 2. The summed E-state index contributed by atoms with van der Waals surface area (Å²) in [5.74, 6) is -0.640. The molecule has 3 aromatic rings. The van der Waals surface area contributed by atoms with Crippen molar-refractivity contribution in [3.8, 4) is 0 Å². The van der Waals surface area contributed by atoms with E-state index in [0.29, 0.717) is 0 Å². The van der Waals surface area contributed by atoms with Crippen LogP contribution in [0.25, 0.3) is 11.0 Å². The van der Waals surface area contributed by atoms with Gasteiger partial charge in [0.05, 0.1) is 29.7 Å². The molecular weight excluding hydrogens is 470 g/mol. The second-order valence-corrected chi connectivity index (χ2v) is 10.4. The second kappa shape index (κ2) is 10.5. The monoisotopic (exact) mass is 505 g/mol. The molecule has 1 aliphatic carbocycles. The zero-order chi connectivity index (χ0) is 26.1. The first kappa shape index (κ1) is 25.3. The number of anilines is 1. The van der Waals surface area contributed by atoms with Crippen molar-refractivity contribution >= 4 is 28.8 Å². The van der Waals surface area contributed by atoms with Crippen LogP contribution in [-0.4, -0.2) is 51.6 Å². The Kier molecular flexibility index (Phi) is 7.20. The van der Waals surface area contributed by atoms with Gasteiger partial charge in [-0.05, 0) is 62.6 Å². The van der Waals surface area contributed by atoms with Crippen LogP contribution < -0.4 is 4.90 Å². The molecule has 1 amide bonds. The van der Waals surface area contributed by atoms with Gasteiger partial charge in [-0.15, -0.1) is 0 Å². The maximum absolute atomic E-state index is 12.6. The molecule has 0 radical (unpaired) electrons. The topological polar surface area (TPSA) is 105 Å². The number of carboxylic acid groups (broad SMARTS) is 1. The number of imidazole rings is 1. The van der Waals surface area contributed by atoms with Crippen LogP contribution in [-0.2, 0) is 22.4 Å². The summed E-state index contributed by atoms with van der Waals surface area (Å²) in [5.41, 5.74) is 4.36. The molecule has 37 heavy (non-hydrogen) atoms. The van der Waals surface area contributed by atoms with Crippen LogP contribution in [0.4, 0.5) is 10.5 Å². The Morgan fingerprint density at radius 1 is 1.14 bits per heavy atom. The Hall–Kier alpha value is -3.39. The molecule has 2 aromatic carbocycles. The standard InChI is InChI=1S/C29H35N3O5/c1-18-11-12-22-24(31(18)29(36)37-2)13-14-25-27(22)30-26(32(25)21-10-6-7-19(15-21)17-33)16-23(28(34)35)20-8-4-3-5-9-20/h3-5,8-9,13-14,18-19,21,23,33H,6-7,10-12,15-17H2,1-2H3,(H,34,35)/t18-,19-,21-,23+/m0/s1. The second-order valence-electron chi connectivity index (χ2n) is 10.4. The first-order valence-electron chi connectivity index (χ1n) is 13.2. The largest absolute Gasteiger partial charge is 0.481 e. The third-order valence-electron chi connectivity index (χ3n) is 8.16. The van der Waals surface area contributed by atoms with Crippen molar-refractivity contribution in [2.24, 2.45) is 5.92 Å². The lowest BCUT2D eigenvalue weighted by Crippen LogP contribution is -2.42. The molecule has 0 bridgehead atoms. The molecule has 0 spiro atoms. The lowest BCUT2D eigenvalue weighted by atomic mass is 9.85. The zero-order valence-electron chi connectivity index (χ0n) is 21.5. The van der Waals surface area contributed by atoms with E-state index in [4.69, 9.17) is 9.72 Å². The fourth-order valence-corrected chi connectivity index (χ4v) is 6.25. The van der Waals surface area contributed by atoms with E-state index in [1.54, 1.807) is 4.90 Å². The summed E-state index contributed by atoms with van der Waals surface area (Å²) in [7, 11) is 1.39. The summed E-state index contributed by atoms with van der Waals surface area (Å²) >= 11 is 0. The quantitative estimate of drug-likeness (QED) is 0.484. The van der Waals surface area contributed by atoms with E-state index in [0.717, 1.165) is 72.2 Å². The van der Waals surface area contributed by atoms with Crippen molar-refractivity contribution < 1.29 is 24.5 Å². The van der Waals surface area contributed by atoms with E-state index in [9.17, 15) is 19.8 Å². The van der Waals surface area contributed by atoms with Gasteiger partial charge in [0.15, 0.2) is 0 Å². The van der Waals surface area contributed by atoms with Crippen LogP contribution in [0, 0.1) is 5.92 Å². The first-order chi connectivity index (χ1) is 17.9. The number of aliphatic hydroxyl groups excluding tert-OH is 1. The number of carboxylic acids is 1. The summed E-state index contributed by atoms with van der Waals surface area (Å²) in [4.78, 5) is 31.8. The number of aliphatic carboxylic acids is 1. The van der Waals surface area contributed by atoms with Crippen molar-refractivity contribution in [2.75, 3.05) is 18.6 Å². The molecule has 2 heterocycles. The highest BCUT2D eigenvalue weighted by atomic mass is 16.5. The number of amides is 1. The highest BCUT2D eigenvalue weighted by Gasteiger charge is 2.34. The van der Waals surface area contributed by atoms with E-state index < -0.39 is 11.9 Å². The van der Waals surface area contributed by atoms with E-state index in [-0.39, 0.29) is 37.1 Å². The number of hydrogen-bond acceptors (Lipinski definition) is 5. The van der Waals surface area contributed by atoms with E-state index in [1.165, 1.54) is 7.11 Å². The molecule has 2 N–H and O–H groups in total. The Balaban J connectivity index is 1.66. The third-order valence-corrected chi connectivity index (χ3v) is 8.16. The lowest BCUT2D eigenvalue weighted by Gasteiger charge is -2.34. The van der Waals surface area contributed by atoms with Crippen LogP contribution in [0.5, 0.6) is 0 Å². The van der Waals surface area contributed by atoms with E-state index >= 15 is 0 Å². The number of aliphatic hydroxyl groups is 1. The van der Waals surface area contributed by atoms with Gasteiger partial charge in [-0.1, -0.05) is 36.8 Å². The van der Waals surface area contributed by atoms with Gasteiger partial charge in [-0.25, -0.2) is 9.78 Å². The molecule has 1 saturated carbocycles. The molecule has 1 aliphatic heterocycles. The molecule has 0 unspecified atom stereocenters. The normalized spacial score (nSPS) is 22.5. The van der Waals surface area contributed by atoms with Gasteiger partial charge in [0.1, 0.15) is 5.82 Å². The number of hydrogen-bond donors (Lipinski definition) is 2. The van der Waals surface area contributed by atoms with Crippen LogP contribution in [0.1, 0.15) is 67.9 Å². The number of nitrogens with zero attached hydrogens (tertiary/aromatic N) is 3. The van der Waals surface area contributed by atoms with Crippen molar-refractivity contribution in [3.05, 3.63) is 59.4 Å². The molecule has 5 rings (SSSR count). The fraction of sp³-hybridized carbons (Fsp3) is 0.483. The fourth-order valence-electron chi connectivity index (χ4n) is 6.25. The van der Waals surface area contributed by atoms with Gasteiger partial charge in [-0.2, -0.15) is 0 Å². The number of ether oxygens (including phenoxy) is 1. The highest BCUT2D eigenvalue weighted by Crippen LogP contribution is 2.41. The summed E-state index contributed by atoms with van der Waals surface area (Å²) in [6, 6.07) is 13.4. The summed E-state index contributed by atoms with van der Waals surface area (Å²) in [6.45, 7) is 2.17. The van der Waals surface area contributed by atoms with Gasteiger partial charge in [0.25, 0.3) is 0 Å². The molecule has 0 saturated heterocycles. The predicted molar refractivity (Wildman–Crippen MR) is 141 cm³/mol. The number of benzene rings is 2. The number of aryl methyl sites for hydroxylation is 1. The minimum absolute atomic E-state index is 0.0112. The minimum atomic E-state index is -0.880. The zero-order valence-corrected chi connectivity index (χ0v) is 21.5. The summed E-state index contributed by atoms with van der Waals surface area (Å²) in [6.07, 6.45) is 5.25. The van der Waals surface area contributed by atoms with E-state index in [2.05, 4.69) is 4.57 Å². The summed E-state index contributed by atoms with van der Waals surface area (Å²) < 4.78 is 7.31. The first-order valence-corrected chi connectivity index (χ1v) is 13.2. The Morgan fingerprint density at radius 2 is 1.92 bits per heavy atom. The van der Waals surface area contributed by atoms with Crippen LogP contribution >= 0.6 is 0 Å². The molecule has 1 fully saturated rings. The Labute approximate surface area is 216 Å². The number of methoxy groups -OCH3 is 1.